The Morgan fingerprint density at radius 2 is 1.82 bits per heavy atom. The predicted octanol–water partition coefficient (Wildman–Crippen LogP) is 1.74. The molecular weight excluding hydrogens is 289 g/mol. The molecule has 0 aliphatic carbocycles. The van der Waals surface area contributed by atoms with E-state index in [2.05, 4.69) is 0 Å². The fraction of sp³-hybridized carbons (Fsp3) is 0.222. The van der Waals surface area contributed by atoms with Gasteiger partial charge in [0, 0.05) is 0 Å². The fourth-order valence-electron chi connectivity index (χ4n) is 1.08. The Bertz CT molecular complexity index is 524. The van der Waals surface area contributed by atoms with Gasteiger partial charge in [-0.1, -0.05) is 29.3 Å². The number of hydrogen-bond acceptors (Lipinski definition) is 3. The minimum Gasteiger partial charge on any atom is -0.480 e. The first kappa shape index (κ1) is 14.2. The van der Waals surface area contributed by atoms with Gasteiger partial charge in [0.05, 0.1) is 10.0 Å². The number of hydrogen-bond donors (Lipinski definition) is 2. The zero-order valence-corrected chi connectivity index (χ0v) is 11.0. The predicted molar refractivity (Wildman–Crippen MR) is 63.9 cm³/mol. The van der Waals surface area contributed by atoms with Gasteiger partial charge in [0.25, 0.3) is 0 Å². The summed E-state index contributed by atoms with van der Waals surface area (Å²) in [6, 6.07) is 2.93. The van der Waals surface area contributed by atoms with Crippen LogP contribution in [0.4, 0.5) is 0 Å². The van der Waals surface area contributed by atoms with Crippen molar-refractivity contribution in [3.05, 3.63) is 28.2 Å². The average Bonchev–Trinajstić information content (AvgIpc) is 2.15. The maximum Gasteiger partial charge on any atom is 0.321 e. The van der Waals surface area contributed by atoms with Gasteiger partial charge in [0.2, 0.25) is 10.0 Å². The van der Waals surface area contributed by atoms with Crippen molar-refractivity contribution in [2.24, 2.45) is 0 Å². The number of aliphatic carboxylic acids is 1. The summed E-state index contributed by atoms with van der Waals surface area (Å²) >= 11 is 11.5. The van der Waals surface area contributed by atoms with Gasteiger partial charge in [-0.15, -0.1) is 0 Å². The monoisotopic (exact) mass is 297 g/mol. The molecule has 1 aromatic rings. The van der Waals surface area contributed by atoms with Crippen LogP contribution in [0.15, 0.2) is 23.1 Å². The number of carboxylic acid groups (broad SMARTS) is 1. The third-order valence-electron chi connectivity index (χ3n) is 1.89. The van der Waals surface area contributed by atoms with E-state index in [4.69, 9.17) is 28.3 Å². The van der Waals surface area contributed by atoms with Crippen molar-refractivity contribution >= 4 is 39.2 Å². The van der Waals surface area contributed by atoms with Gasteiger partial charge in [0.1, 0.15) is 10.9 Å². The highest BCUT2D eigenvalue weighted by Gasteiger charge is 2.25. The normalized spacial score (nSPS) is 13.4. The smallest absolute Gasteiger partial charge is 0.321 e. The van der Waals surface area contributed by atoms with Crippen molar-refractivity contribution in [2.45, 2.75) is 17.9 Å². The van der Waals surface area contributed by atoms with Crippen LogP contribution >= 0.6 is 23.2 Å². The molecule has 2 N–H and O–H groups in total. The Morgan fingerprint density at radius 3 is 2.24 bits per heavy atom. The highest BCUT2D eigenvalue weighted by Crippen LogP contribution is 2.28. The molecule has 0 aliphatic heterocycles. The number of carbonyl (C=O) groups is 1. The summed E-state index contributed by atoms with van der Waals surface area (Å²) in [5.74, 6) is -1.29. The molecule has 8 heteroatoms. The highest BCUT2D eigenvalue weighted by molar-refractivity contribution is 7.89. The van der Waals surface area contributed by atoms with Crippen molar-refractivity contribution in [1.29, 1.82) is 0 Å². The molecule has 1 rings (SSSR count). The van der Waals surface area contributed by atoms with Crippen LogP contribution in [0.2, 0.25) is 10.0 Å². The van der Waals surface area contributed by atoms with Gasteiger partial charge in [-0.3, -0.25) is 4.79 Å². The molecule has 0 fully saturated rings. The summed E-state index contributed by atoms with van der Waals surface area (Å²) in [5.41, 5.74) is 0. The zero-order chi connectivity index (χ0) is 13.2. The van der Waals surface area contributed by atoms with E-state index in [1.165, 1.54) is 25.1 Å². The summed E-state index contributed by atoms with van der Waals surface area (Å²) in [6.07, 6.45) is 0. The van der Waals surface area contributed by atoms with Crippen molar-refractivity contribution in [2.75, 3.05) is 0 Å². The molecule has 0 heterocycles. The Kier molecular flexibility index (Phi) is 4.37. The van der Waals surface area contributed by atoms with E-state index in [9.17, 15) is 13.2 Å². The summed E-state index contributed by atoms with van der Waals surface area (Å²) in [7, 11) is -4.06. The number of rotatable bonds is 4. The molecular formula is C9H9Cl2NO4S. The molecule has 0 saturated heterocycles. The Hall–Kier alpha value is -0.820. The van der Waals surface area contributed by atoms with E-state index in [-0.39, 0.29) is 14.9 Å². The van der Waals surface area contributed by atoms with Crippen LogP contribution in [0.1, 0.15) is 6.92 Å². The van der Waals surface area contributed by atoms with Crippen LogP contribution in [0.25, 0.3) is 0 Å². The highest BCUT2D eigenvalue weighted by atomic mass is 35.5. The lowest BCUT2D eigenvalue weighted by molar-refractivity contribution is -0.138. The van der Waals surface area contributed by atoms with Gasteiger partial charge < -0.3 is 5.11 Å². The molecule has 0 bridgehead atoms. The van der Waals surface area contributed by atoms with Gasteiger partial charge in [-0.2, -0.15) is 4.72 Å². The number of nitrogens with one attached hydrogen (secondary N) is 1. The molecule has 0 amide bonds. The first-order valence-electron chi connectivity index (χ1n) is 4.45. The molecule has 0 aromatic heterocycles. The quantitative estimate of drug-likeness (QED) is 0.887. The summed E-state index contributed by atoms with van der Waals surface area (Å²) in [4.78, 5) is 10.3. The summed E-state index contributed by atoms with van der Waals surface area (Å²) < 4.78 is 25.6. The molecule has 1 aromatic carbocycles. The molecule has 0 aliphatic rings. The molecule has 94 valence electrons. The fourth-order valence-corrected chi connectivity index (χ4v) is 3.42. The molecule has 1 atom stereocenters. The largest absolute Gasteiger partial charge is 0.480 e. The van der Waals surface area contributed by atoms with E-state index in [1.807, 2.05) is 4.72 Å². The molecule has 0 radical (unpaired) electrons. The van der Waals surface area contributed by atoms with E-state index < -0.39 is 22.0 Å². The Balaban J connectivity index is 3.19. The number of carboxylic acids is 1. The van der Waals surface area contributed by atoms with E-state index in [1.54, 1.807) is 0 Å². The number of halogens is 2. The maximum absolute atomic E-state index is 11.8. The Morgan fingerprint density at radius 1 is 1.35 bits per heavy atom. The lowest BCUT2D eigenvalue weighted by atomic mass is 10.4. The molecule has 17 heavy (non-hydrogen) atoms. The first-order valence-corrected chi connectivity index (χ1v) is 6.69. The van der Waals surface area contributed by atoms with Gasteiger partial charge in [-0.05, 0) is 19.1 Å². The van der Waals surface area contributed by atoms with Crippen molar-refractivity contribution in [1.82, 2.24) is 4.72 Å². The van der Waals surface area contributed by atoms with Gasteiger partial charge >= 0.3 is 5.97 Å². The second-order valence-corrected chi connectivity index (χ2v) is 5.70. The SMILES string of the molecule is C[C@H](NS(=O)(=O)c1c(Cl)cccc1Cl)C(=O)O. The standard InChI is InChI=1S/C9H9Cl2NO4S/c1-5(9(13)14)12-17(15,16)8-6(10)3-2-4-7(8)11/h2-5,12H,1H3,(H,13,14)/t5-/m0/s1. The zero-order valence-electron chi connectivity index (χ0n) is 8.65. The van der Waals surface area contributed by atoms with Gasteiger partial charge in [-0.25, -0.2) is 8.42 Å². The van der Waals surface area contributed by atoms with Crippen LogP contribution in [0, 0.1) is 0 Å². The Labute approximate surface area is 108 Å². The third kappa shape index (κ3) is 3.32. The molecule has 0 unspecified atom stereocenters. The topological polar surface area (TPSA) is 83.5 Å². The third-order valence-corrected chi connectivity index (χ3v) is 4.39. The molecule has 0 spiro atoms. The minimum atomic E-state index is -4.06. The van der Waals surface area contributed by atoms with Crippen molar-refractivity contribution in [3.63, 3.8) is 0 Å². The van der Waals surface area contributed by atoms with E-state index in [0.717, 1.165) is 0 Å². The molecule has 5 nitrogen and oxygen atoms in total. The first-order chi connectivity index (χ1) is 7.75. The molecule has 0 saturated carbocycles. The summed E-state index contributed by atoms with van der Waals surface area (Å²) in [6.45, 7) is 1.20. The van der Waals surface area contributed by atoms with Crippen LogP contribution in [0.5, 0.6) is 0 Å². The van der Waals surface area contributed by atoms with Crippen LogP contribution < -0.4 is 4.72 Å². The van der Waals surface area contributed by atoms with Crippen molar-refractivity contribution in [3.8, 4) is 0 Å². The lowest BCUT2D eigenvalue weighted by Crippen LogP contribution is -2.38. The van der Waals surface area contributed by atoms with E-state index in [0.29, 0.717) is 0 Å². The number of sulfonamides is 1. The van der Waals surface area contributed by atoms with Crippen LogP contribution in [-0.4, -0.2) is 25.5 Å². The lowest BCUT2D eigenvalue weighted by Gasteiger charge is -2.12. The van der Waals surface area contributed by atoms with Crippen LogP contribution in [-0.2, 0) is 14.8 Å². The average molecular weight is 298 g/mol. The number of benzene rings is 1. The maximum atomic E-state index is 11.8. The second-order valence-electron chi connectivity index (χ2n) is 3.23. The minimum absolute atomic E-state index is 0.0670. The van der Waals surface area contributed by atoms with E-state index >= 15 is 0 Å². The second kappa shape index (κ2) is 5.22. The summed E-state index contributed by atoms with van der Waals surface area (Å²) in [5, 5.41) is 8.50. The van der Waals surface area contributed by atoms with Crippen molar-refractivity contribution < 1.29 is 18.3 Å². The van der Waals surface area contributed by atoms with Gasteiger partial charge in [0.15, 0.2) is 0 Å². The van der Waals surface area contributed by atoms with Crippen LogP contribution in [0.3, 0.4) is 0 Å².